The zero-order valence-electron chi connectivity index (χ0n) is 16.7. The minimum atomic E-state index is -0.0881. The lowest BCUT2D eigenvalue weighted by Crippen LogP contribution is -2.36. The summed E-state index contributed by atoms with van der Waals surface area (Å²) < 4.78 is 8.04. The van der Waals surface area contributed by atoms with Crippen molar-refractivity contribution in [2.75, 3.05) is 13.2 Å². The summed E-state index contributed by atoms with van der Waals surface area (Å²) in [6.07, 6.45) is 6.14. The molecule has 8 heteroatoms. The number of hydrogen-bond acceptors (Lipinski definition) is 3. The zero-order chi connectivity index (χ0) is 21.4. The van der Waals surface area contributed by atoms with E-state index in [9.17, 15) is 0 Å². The summed E-state index contributed by atoms with van der Waals surface area (Å²) in [5.41, 5.74) is 2.89. The van der Waals surface area contributed by atoms with Crippen LogP contribution in [0.25, 0.3) is 5.69 Å². The van der Waals surface area contributed by atoms with Gasteiger partial charge in [0.05, 0.1) is 34.6 Å². The number of hydrogen-bond donors (Lipinski definition) is 1. The number of halogens is 2. The quantitative estimate of drug-likeness (QED) is 0.508. The van der Waals surface area contributed by atoms with Crippen LogP contribution in [0.2, 0.25) is 10.0 Å². The van der Waals surface area contributed by atoms with E-state index >= 15 is 0 Å². The maximum Gasteiger partial charge on any atom is 0.170 e. The summed E-state index contributed by atoms with van der Waals surface area (Å²) in [5, 5.41) is 5.43. The Kier molecular flexibility index (Phi) is 5.89. The molecule has 2 aromatic heterocycles. The fraction of sp³-hybridized carbons (Fsp3) is 0.304. The summed E-state index contributed by atoms with van der Waals surface area (Å²) in [6.45, 7) is 1.54. The Hall–Kier alpha value is -2.12. The Bertz CT molecular complexity index is 1080. The van der Waals surface area contributed by atoms with Gasteiger partial charge in [-0.05, 0) is 67.5 Å². The Labute approximate surface area is 196 Å². The second kappa shape index (κ2) is 8.79. The van der Waals surface area contributed by atoms with Gasteiger partial charge in [-0.25, -0.2) is 0 Å². The van der Waals surface area contributed by atoms with Gasteiger partial charge in [0.15, 0.2) is 5.11 Å². The zero-order valence-corrected chi connectivity index (χ0v) is 19.1. The number of nitrogens with one attached hydrogen (secondary N) is 1. The number of nitrogens with zero attached hydrogens (tertiary/aromatic N) is 3. The molecule has 1 aromatic carbocycles. The summed E-state index contributed by atoms with van der Waals surface area (Å²) in [4.78, 5) is 6.86. The van der Waals surface area contributed by atoms with Crippen molar-refractivity contribution in [1.82, 2.24) is 19.8 Å². The first-order valence-electron chi connectivity index (χ1n) is 10.3. The highest BCUT2D eigenvalue weighted by Crippen LogP contribution is 2.41. The minimum absolute atomic E-state index is 0.0617. The highest BCUT2D eigenvalue weighted by Gasteiger charge is 2.42. The Morgan fingerprint density at radius 1 is 1.16 bits per heavy atom. The molecule has 0 amide bonds. The average molecular weight is 473 g/mol. The van der Waals surface area contributed by atoms with E-state index in [0.717, 1.165) is 43.1 Å². The molecule has 160 valence electrons. The predicted molar refractivity (Wildman–Crippen MR) is 127 cm³/mol. The van der Waals surface area contributed by atoms with Gasteiger partial charge >= 0.3 is 0 Å². The third-order valence-electron chi connectivity index (χ3n) is 5.87. The molecule has 0 saturated carbocycles. The molecule has 5 nitrogen and oxygen atoms in total. The van der Waals surface area contributed by atoms with E-state index in [2.05, 4.69) is 25.8 Å². The van der Waals surface area contributed by atoms with E-state index in [1.54, 1.807) is 6.07 Å². The number of rotatable bonds is 5. The van der Waals surface area contributed by atoms with Gasteiger partial charge in [0, 0.05) is 36.3 Å². The van der Waals surface area contributed by atoms with Crippen molar-refractivity contribution in [1.29, 1.82) is 0 Å². The summed E-state index contributed by atoms with van der Waals surface area (Å²) >= 11 is 18.5. The van der Waals surface area contributed by atoms with Crippen LogP contribution in [0, 0.1) is 0 Å². The second-order valence-electron chi connectivity index (χ2n) is 7.81. The SMILES string of the molecule is S=C1N[C@H](c2ccccn2)[C@@H](c2cccn2-c2ccc(Cl)cc2Cl)N1C[C@H]1CCCO1. The summed E-state index contributed by atoms with van der Waals surface area (Å²) in [6, 6.07) is 15.5. The van der Waals surface area contributed by atoms with Gasteiger partial charge < -0.3 is 19.5 Å². The molecule has 0 radical (unpaired) electrons. The van der Waals surface area contributed by atoms with Crippen molar-refractivity contribution in [3.8, 4) is 5.69 Å². The van der Waals surface area contributed by atoms with Crippen LogP contribution < -0.4 is 5.32 Å². The van der Waals surface area contributed by atoms with Crippen LogP contribution in [0.15, 0.2) is 60.9 Å². The summed E-state index contributed by atoms with van der Waals surface area (Å²) in [5.74, 6) is 0. The van der Waals surface area contributed by atoms with Gasteiger partial charge in [-0.1, -0.05) is 29.3 Å². The molecule has 2 saturated heterocycles. The van der Waals surface area contributed by atoms with Gasteiger partial charge in [0.1, 0.15) is 0 Å². The highest BCUT2D eigenvalue weighted by molar-refractivity contribution is 7.80. The molecular formula is C23H22Cl2N4OS. The molecule has 3 aromatic rings. The van der Waals surface area contributed by atoms with Gasteiger partial charge in [-0.2, -0.15) is 0 Å². The number of benzene rings is 1. The van der Waals surface area contributed by atoms with Gasteiger partial charge in [-0.3, -0.25) is 4.98 Å². The number of thiocarbonyl (C=S) groups is 1. The van der Waals surface area contributed by atoms with Crippen LogP contribution in [-0.4, -0.2) is 38.8 Å². The van der Waals surface area contributed by atoms with E-state index in [4.69, 9.17) is 40.2 Å². The molecule has 31 heavy (non-hydrogen) atoms. The second-order valence-corrected chi connectivity index (χ2v) is 9.04. The Balaban J connectivity index is 1.58. The van der Waals surface area contributed by atoms with Crippen molar-refractivity contribution in [2.24, 2.45) is 0 Å². The highest BCUT2D eigenvalue weighted by atomic mass is 35.5. The first kappa shape index (κ1) is 20.8. The third-order valence-corrected chi connectivity index (χ3v) is 6.76. The largest absolute Gasteiger partial charge is 0.376 e. The van der Waals surface area contributed by atoms with E-state index in [1.165, 1.54) is 0 Å². The predicted octanol–water partition coefficient (Wildman–Crippen LogP) is 5.33. The molecule has 0 spiro atoms. The van der Waals surface area contributed by atoms with E-state index in [-0.39, 0.29) is 18.2 Å². The van der Waals surface area contributed by atoms with Crippen molar-refractivity contribution >= 4 is 40.5 Å². The van der Waals surface area contributed by atoms with Gasteiger partial charge in [-0.15, -0.1) is 0 Å². The normalized spacial score (nSPS) is 23.4. The maximum atomic E-state index is 6.56. The average Bonchev–Trinajstić information content (AvgIpc) is 3.50. The molecule has 0 unspecified atom stereocenters. The van der Waals surface area contributed by atoms with Gasteiger partial charge in [0.25, 0.3) is 0 Å². The molecular weight excluding hydrogens is 451 g/mol. The summed E-state index contributed by atoms with van der Waals surface area (Å²) in [7, 11) is 0. The molecule has 0 aliphatic carbocycles. The van der Waals surface area contributed by atoms with Crippen molar-refractivity contribution < 1.29 is 4.74 Å². The standard InChI is InChI=1S/C23H22Cl2N4OS/c24-15-8-9-19(17(25)13-15)28-11-3-7-20(28)22-21(18-6-1-2-10-26-18)27-23(31)29(22)14-16-5-4-12-30-16/h1-3,6-11,13,16,21-22H,4-5,12,14H2,(H,27,31)/t16-,21-,22-/m1/s1. The number of aromatic nitrogens is 2. The molecule has 3 atom stereocenters. The monoisotopic (exact) mass is 472 g/mol. The molecule has 4 heterocycles. The van der Waals surface area contributed by atoms with Crippen LogP contribution in [-0.2, 0) is 4.74 Å². The third kappa shape index (κ3) is 4.05. The molecule has 5 rings (SSSR count). The fourth-order valence-corrected chi connectivity index (χ4v) is 5.28. The van der Waals surface area contributed by atoms with Crippen LogP contribution in [0.4, 0.5) is 0 Å². The van der Waals surface area contributed by atoms with Crippen LogP contribution >= 0.6 is 35.4 Å². The first-order chi connectivity index (χ1) is 15.1. The smallest absolute Gasteiger partial charge is 0.170 e. The number of pyridine rings is 1. The maximum absolute atomic E-state index is 6.56. The van der Waals surface area contributed by atoms with Crippen molar-refractivity contribution in [3.05, 3.63) is 82.4 Å². The topological polar surface area (TPSA) is 42.3 Å². The lowest BCUT2D eigenvalue weighted by Gasteiger charge is -2.30. The molecule has 0 bridgehead atoms. The van der Waals surface area contributed by atoms with Crippen molar-refractivity contribution in [3.63, 3.8) is 0 Å². The molecule has 1 N–H and O–H groups in total. The Morgan fingerprint density at radius 3 is 2.81 bits per heavy atom. The minimum Gasteiger partial charge on any atom is -0.376 e. The molecule has 2 aliphatic heterocycles. The lowest BCUT2D eigenvalue weighted by molar-refractivity contribution is 0.0836. The lowest BCUT2D eigenvalue weighted by atomic mass is 10.0. The van der Waals surface area contributed by atoms with Crippen LogP contribution in [0.1, 0.15) is 36.3 Å². The van der Waals surface area contributed by atoms with Crippen LogP contribution in [0.5, 0.6) is 0 Å². The van der Waals surface area contributed by atoms with Gasteiger partial charge in [0.2, 0.25) is 0 Å². The van der Waals surface area contributed by atoms with E-state index < -0.39 is 0 Å². The Morgan fingerprint density at radius 2 is 2.06 bits per heavy atom. The first-order valence-corrected chi connectivity index (χ1v) is 11.5. The van der Waals surface area contributed by atoms with E-state index in [1.807, 2.05) is 48.8 Å². The van der Waals surface area contributed by atoms with Crippen LogP contribution in [0.3, 0.4) is 0 Å². The molecule has 2 aliphatic rings. The number of ether oxygens (including phenoxy) is 1. The van der Waals surface area contributed by atoms with E-state index in [0.29, 0.717) is 15.2 Å². The van der Waals surface area contributed by atoms with Crippen molar-refractivity contribution in [2.45, 2.75) is 31.0 Å². The fourth-order valence-electron chi connectivity index (χ4n) is 4.46. The molecule has 2 fully saturated rings.